The normalized spacial score (nSPS) is 12.2. The van der Waals surface area contributed by atoms with Crippen LogP contribution in [0.4, 0.5) is 0 Å². The molecule has 1 nitrogen and oxygen atoms in total. The quantitative estimate of drug-likeness (QED) is 0.0481. The van der Waals surface area contributed by atoms with E-state index in [1.165, 1.54) is 564 Å². The molecular formula is C92H189NP2S2. The van der Waals surface area contributed by atoms with Crippen LogP contribution in [0, 0.1) is 0 Å². The molecule has 1 N–H and O–H groups in total. The van der Waals surface area contributed by atoms with Gasteiger partial charge in [0.15, 0.2) is 0 Å². The Morgan fingerprint density at radius 2 is 0.196 bits per heavy atom. The smallest absolute Gasteiger partial charge is 0.0164 e. The largest absolute Gasteiger partial charge is 0.259 e. The molecular weight excluding hydrogens is 1250 g/mol. The lowest BCUT2D eigenvalue weighted by atomic mass is 10.0. The van der Waals surface area contributed by atoms with Crippen LogP contribution in [0.3, 0.4) is 0 Å². The Kier molecular flexibility index (Phi) is 87.3. The molecule has 0 radical (unpaired) electrons. The van der Waals surface area contributed by atoms with E-state index in [1.54, 1.807) is 0 Å². The molecule has 0 rings (SSSR count). The van der Waals surface area contributed by atoms with Crippen molar-refractivity contribution >= 4 is 36.0 Å². The summed E-state index contributed by atoms with van der Waals surface area (Å²) in [7, 11) is 0. The Balaban J connectivity index is 5.14. The summed E-state index contributed by atoms with van der Waals surface area (Å²) in [4.78, 5) is 4.51. The number of hydrogen-bond donors (Lipinski definition) is 1. The fourth-order valence-electron chi connectivity index (χ4n) is 16.0. The topological polar surface area (TPSA) is 12.0 Å². The molecule has 0 unspecified atom stereocenters. The minimum Gasteiger partial charge on any atom is -0.259 e. The molecule has 0 fully saturated rings. The van der Waals surface area contributed by atoms with Crippen LogP contribution in [-0.4, -0.2) is 24.6 Å². The molecule has 0 bridgehead atoms. The number of hydrogen-bond acceptors (Lipinski definition) is 2. The van der Waals surface area contributed by atoms with Crippen LogP contribution in [0.1, 0.15) is 567 Å². The molecule has 0 aliphatic heterocycles. The van der Waals surface area contributed by atoms with Gasteiger partial charge >= 0.3 is 0 Å². The maximum atomic E-state index is 7.03. The molecule has 5 heteroatoms. The molecule has 584 valence electrons. The van der Waals surface area contributed by atoms with Gasteiger partial charge in [0.1, 0.15) is 0 Å². The van der Waals surface area contributed by atoms with Gasteiger partial charge in [0.2, 0.25) is 0 Å². The molecule has 0 aromatic carbocycles. The molecule has 97 heavy (non-hydrogen) atoms. The van der Waals surface area contributed by atoms with E-state index >= 15 is 0 Å². The van der Waals surface area contributed by atoms with Crippen LogP contribution >= 0.6 is 12.4 Å². The Morgan fingerprint density at radius 3 is 0.278 bits per heavy atom. The molecule has 0 saturated carbocycles. The number of nitrogens with one attached hydrogen (secondary N) is 1. The molecule has 0 aromatic heterocycles. The lowest BCUT2D eigenvalue weighted by Crippen LogP contribution is -2.17. The molecule has 0 aliphatic carbocycles. The maximum Gasteiger partial charge on any atom is 0.0164 e. The standard InChI is InChI=1S/C92H189NP2S2/c1-5-9-13-17-21-25-29-33-37-41-45-49-53-57-61-65-69-73-77-81-85-89-94(96,90-86-82-78-74-70-66-62-58-54-50-46-42-38-34-30-26-22-18-14-10-6-2)93-95(97,91-87-83-79-75-71-67-63-59-55-51-47-43-39-35-31-27-23-19-15-11-7-3)92-88-84-80-76-72-68-64-60-56-52-48-44-40-36-32-28-24-20-16-12-8-4/h5-92H2,1-4H3,(H,93,96,97). The number of unbranched alkanes of at least 4 members (excludes halogenated alkanes) is 80. The van der Waals surface area contributed by atoms with E-state index in [9.17, 15) is 0 Å². The van der Waals surface area contributed by atoms with Gasteiger partial charge in [0.05, 0.1) is 0 Å². The zero-order valence-corrected chi connectivity index (χ0v) is 71.9. The van der Waals surface area contributed by atoms with Gasteiger partial charge in [-0.05, 0) is 50.3 Å². The minimum atomic E-state index is -1.70. The van der Waals surface area contributed by atoms with Crippen LogP contribution in [0.2, 0.25) is 0 Å². The van der Waals surface area contributed by atoms with Crippen molar-refractivity contribution < 1.29 is 0 Å². The van der Waals surface area contributed by atoms with Crippen LogP contribution in [0.15, 0.2) is 0 Å². The minimum absolute atomic E-state index is 1.28. The van der Waals surface area contributed by atoms with E-state index in [4.69, 9.17) is 23.6 Å². The SMILES string of the molecule is CCCCCCCCCCCCCCCCCCCCCCCP(=S)(CCCCCCCCCCCCCCCCCCCCCCC)NP(=S)(CCCCCCCCCCCCCCCCCCCCCCC)CCCCCCCCCCCCCCCCCCCCCCC. The van der Waals surface area contributed by atoms with E-state index in [1.807, 2.05) is 0 Å². The Hall–Kier alpha value is 1.26. The van der Waals surface area contributed by atoms with Gasteiger partial charge in [-0.25, -0.2) is 0 Å². The van der Waals surface area contributed by atoms with E-state index in [0.29, 0.717) is 0 Å². The van der Waals surface area contributed by atoms with Crippen LogP contribution in [-0.2, 0) is 23.6 Å². The van der Waals surface area contributed by atoms with Gasteiger partial charge in [-0.1, -0.05) is 565 Å². The summed E-state index contributed by atoms with van der Waals surface area (Å²) in [6, 6.07) is 0. The first-order valence-electron chi connectivity index (χ1n) is 46.9. The van der Waals surface area contributed by atoms with Crippen molar-refractivity contribution in [1.82, 2.24) is 4.86 Å². The lowest BCUT2D eigenvalue weighted by Gasteiger charge is -2.33. The van der Waals surface area contributed by atoms with E-state index in [0.717, 1.165) is 0 Å². The molecule has 0 atom stereocenters. The first-order valence-corrected chi connectivity index (χ1v) is 53.3. The highest BCUT2D eigenvalue weighted by Gasteiger charge is 2.26. The fourth-order valence-corrected chi connectivity index (χ4v) is 28.4. The van der Waals surface area contributed by atoms with Crippen LogP contribution < -0.4 is 4.86 Å². The third-order valence-electron chi connectivity index (χ3n) is 22.9. The molecule has 0 spiro atoms. The van der Waals surface area contributed by atoms with Crippen molar-refractivity contribution in [1.29, 1.82) is 0 Å². The molecule has 0 saturated heterocycles. The fraction of sp³-hybridized carbons (Fsp3) is 1.00. The summed E-state index contributed by atoms with van der Waals surface area (Å²) in [5, 5.41) is 0. The van der Waals surface area contributed by atoms with Crippen molar-refractivity contribution in [2.24, 2.45) is 0 Å². The van der Waals surface area contributed by atoms with E-state index in [-0.39, 0.29) is 0 Å². The first kappa shape index (κ1) is 98.3. The van der Waals surface area contributed by atoms with Crippen molar-refractivity contribution in [3.05, 3.63) is 0 Å². The zero-order chi connectivity index (χ0) is 69.9. The highest BCUT2D eigenvalue weighted by Crippen LogP contribution is 2.57. The average molecular weight is 1440 g/mol. The molecule has 0 amide bonds. The highest BCUT2D eigenvalue weighted by atomic mass is 32.5. The van der Waals surface area contributed by atoms with Crippen molar-refractivity contribution in [3.63, 3.8) is 0 Å². The van der Waals surface area contributed by atoms with E-state index in [2.05, 4.69) is 32.6 Å². The first-order chi connectivity index (χ1) is 47.9. The molecule has 0 heterocycles. The Morgan fingerprint density at radius 1 is 0.124 bits per heavy atom. The Bertz CT molecular complexity index is 1290. The second-order valence-corrected chi connectivity index (χ2v) is 43.4. The summed E-state index contributed by atoms with van der Waals surface area (Å²) < 4.78 is 0. The third kappa shape index (κ3) is 82.8. The second-order valence-electron chi connectivity index (χ2n) is 33.1. The van der Waals surface area contributed by atoms with Gasteiger partial charge in [0.25, 0.3) is 0 Å². The average Bonchev–Trinajstić information content (AvgIpc) is 0.946. The molecule has 0 aromatic rings. The zero-order valence-electron chi connectivity index (χ0n) is 68.4. The number of rotatable bonds is 90. The Labute approximate surface area is 628 Å². The molecule has 0 aliphatic rings. The third-order valence-corrected chi connectivity index (χ3v) is 33.6. The summed E-state index contributed by atoms with van der Waals surface area (Å²) >= 11 is 14.1. The van der Waals surface area contributed by atoms with Gasteiger partial charge in [-0.15, -0.1) is 0 Å². The predicted molar refractivity (Wildman–Crippen MR) is 462 cm³/mol. The van der Waals surface area contributed by atoms with Crippen LogP contribution in [0.5, 0.6) is 0 Å². The van der Waals surface area contributed by atoms with Gasteiger partial charge in [-0.2, -0.15) is 0 Å². The maximum absolute atomic E-state index is 7.03. The van der Waals surface area contributed by atoms with Gasteiger partial charge in [-0.3, -0.25) is 4.86 Å². The predicted octanol–water partition coefficient (Wildman–Crippen LogP) is 36.2. The monoisotopic (exact) mass is 1430 g/mol. The van der Waals surface area contributed by atoms with Gasteiger partial charge in [0, 0.05) is 12.4 Å². The van der Waals surface area contributed by atoms with Crippen molar-refractivity contribution in [2.45, 2.75) is 567 Å². The van der Waals surface area contributed by atoms with Crippen molar-refractivity contribution in [3.8, 4) is 0 Å². The van der Waals surface area contributed by atoms with Gasteiger partial charge < -0.3 is 0 Å². The summed E-state index contributed by atoms with van der Waals surface area (Å²) in [5.41, 5.74) is 0. The van der Waals surface area contributed by atoms with E-state index < -0.39 is 12.4 Å². The second kappa shape index (κ2) is 86.2. The lowest BCUT2D eigenvalue weighted by molar-refractivity contribution is 0.521. The summed E-state index contributed by atoms with van der Waals surface area (Å²) in [6.45, 7) is 9.30. The highest BCUT2D eigenvalue weighted by molar-refractivity contribution is 8.22. The van der Waals surface area contributed by atoms with Crippen molar-refractivity contribution in [2.75, 3.05) is 24.6 Å². The van der Waals surface area contributed by atoms with Crippen LogP contribution in [0.25, 0.3) is 0 Å². The summed E-state index contributed by atoms with van der Waals surface area (Å²) in [5.74, 6) is 0. The summed E-state index contributed by atoms with van der Waals surface area (Å²) in [6.07, 6.45) is 124.